The highest BCUT2D eigenvalue weighted by Crippen LogP contribution is 2.21. The van der Waals surface area contributed by atoms with Crippen molar-refractivity contribution in [2.45, 2.75) is 32.9 Å². The van der Waals surface area contributed by atoms with Gasteiger partial charge in [-0.05, 0) is 48.7 Å². The van der Waals surface area contributed by atoms with Crippen LogP contribution in [0.25, 0.3) is 0 Å². The highest BCUT2D eigenvalue weighted by Gasteiger charge is 2.21. The second-order valence-corrected chi connectivity index (χ2v) is 6.00. The van der Waals surface area contributed by atoms with Gasteiger partial charge in [0.05, 0.1) is 6.61 Å². The Hall–Kier alpha value is -2.33. The zero-order chi connectivity index (χ0) is 16.8. The van der Waals surface area contributed by atoms with Gasteiger partial charge in [-0.1, -0.05) is 24.3 Å². The third-order valence-electron chi connectivity index (χ3n) is 4.21. The molecule has 2 aromatic rings. The van der Waals surface area contributed by atoms with Crippen LogP contribution < -0.4 is 15.0 Å². The highest BCUT2D eigenvalue weighted by atomic mass is 16.5. The lowest BCUT2D eigenvalue weighted by Gasteiger charge is -2.16. The smallest absolute Gasteiger partial charge is 0.227 e. The zero-order valence-electron chi connectivity index (χ0n) is 14.1. The highest BCUT2D eigenvalue weighted by molar-refractivity contribution is 5.95. The predicted molar refractivity (Wildman–Crippen MR) is 96.2 cm³/mol. The fourth-order valence-corrected chi connectivity index (χ4v) is 2.94. The average Bonchev–Trinajstić information content (AvgIpc) is 3.03. The van der Waals surface area contributed by atoms with E-state index in [9.17, 15) is 4.79 Å². The van der Waals surface area contributed by atoms with E-state index >= 15 is 0 Å². The first-order valence-corrected chi connectivity index (χ1v) is 8.58. The van der Waals surface area contributed by atoms with Crippen molar-refractivity contribution in [3.8, 4) is 5.75 Å². The molecule has 1 aliphatic rings. The molecule has 1 fully saturated rings. The first kappa shape index (κ1) is 16.5. The van der Waals surface area contributed by atoms with E-state index in [1.165, 1.54) is 11.1 Å². The Labute approximate surface area is 143 Å². The average molecular weight is 324 g/mol. The van der Waals surface area contributed by atoms with Crippen LogP contribution >= 0.6 is 0 Å². The molecule has 0 radical (unpaired) electrons. The van der Waals surface area contributed by atoms with Crippen molar-refractivity contribution in [1.29, 1.82) is 0 Å². The zero-order valence-corrected chi connectivity index (χ0v) is 14.1. The van der Waals surface area contributed by atoms with E-state index in [0.717, 1.165) is 37.5 Å². The number of nitrogens with zero attached hydrogens (tertiary/aromatic N) is 1. The molecule has 1 heterocycles. The van der Waals surface area contributed by atoms with Crippen LogP contribution in [0.5, 0.6) is 5.75 Å². The summed E-state index contributed by atoms with van der Waals surface area (Å²) in [6.45, 7) is 5.14. The lowest BCUT2D eigenvalue weighted by molar-refractivity contribution is -0.117. The maximum Gasteiger partial charge on any atom is 0.227 e. The van der Waals surface area contributed by atoms with E-state index in [1.54, 1.807) is 0 Å². The van der Waals surface area contributed by atoms with Crippen molar-refractivity contribution in [3.63, 3.8) is 0 Å². The van der Waals surface area contributed by atoms with E-state index in [4.69, 9.17) is 4.74 Å². The van der Waals surface area contributed by atoms with Crippen LogP contribution in [0.4, 0.5) is 5.69 Å². The summed E-state index contributed by atoms with van der Waals surface area (Å²) in [6.07, 6.45) is 1.63. The summed E-state index contributed by atoms with van der Waals surface area (Å²) >= 11 is 0. The molecule has 4 heteroatoms. The molecule has 1 N–H and O–H groups in total. The summed E-state index contributed by atoms with van der Waals surface area (Å²) in [5, 5.41) is 3.45. The molecule has 24 heavy (non-hydrogen) atoms. The predicted octanol–water partition coefficient (Wildman–Crippen LogP) is 3.50. The molecule has 0 aromatic heterocycles. The Balaban J connectivity index is 1.49. The summed E-state index contributed by atoms with van der Waals surface area (Å²) in [6, 6.07) is 16.4. The molecule has 1 saturated heterocycles. The Morgan fingerprint density at radius 1 is 1.00 bits per heavy atom. The number of nitrogens with one attached hydrogen (secondary N) is 1. The van der Waals surface area contributed by atoms with Gasteiger partial charge in [-0.3, -0.25) is 4.79 Å². The Bertz CT molecular complexity index is 665. The minimum atomic E-state index is 0.233. The van der Waals surface area contributed by atoms with Crippen molar-refractivity contribution in [1.82, 2.24) is 5.32 Å². The summed E-state index contributed by atoms with van der Waals surface area (Å²) in [5.41, 5.74) is 3.46. The number of rotatable bonds is 7. The van der Waals surface area contributed by atoms with Gasteiger partial charge in [-0.2, -0.15) is 0 Å². The number of ether oxygens (including phenoxy) is 1. The van der Waals surface area contributed by atoms with Crippen LogP contribution in [-0.2, 0) is 17.9 Å². The van der Waals surface area contributed by atoms with E-state index in [0.29, 0.717) is 13.0 Å². The molecule has 0 bridgehead atoms. The standard InChI is InChI=1S/C20H24N2O2/c1-2-24-19-11-7-17(8-12-19)15-21-14-16-5-9-18(10-6-16)22-13-3-4-20(22)23/h5-12,21H,2-4,13-15H2,1H3. The van der Waals surface area contributed by atoms with E-state index in [-0.39, 0.29) is 5.91 Å². The van der Waals surface area contributed by atoms with Gasteiger partial charge in [0, 0.05) is 31.7 Å². The molecule has 126 valence electrons. The summed E-state index contributed by atoms with van der Waals surface area (Å²) < 4.78 is 5.45. The molecule has 4 nitrogen and oxygen atoms in total. The van der Waals surface area contributed by atoms with Gasteiger partial charge < -0.3 is 15.0 Å². The Morgan fingerprint density at radius 3 is 2.17 bits per heavy atom. The third-order valence-corrected chi connectivity index (χ3v) is 4.21. The number of carbonyl (C=O) groups is 1. The number of benzene rings is 2. The maximum absolute atomic E-state index is 11.8. The second-order valence-electron chi connectivity index (χ2n) is 6.00. The van der Waals surface area contributed by atoms with Gasteiger partial charge >= 0.3 is 0 Å². The molecular weight excluding hydrogens is 300 g/mol. The Kier molecular flexibility index (Phi) is 5.49. The van der Waals surface area contributed by atoms with Crippen molar-refractivity contribution < 1.29 is 9.53 Å². The fourth-order valence-electron chi connectivity index (χ4n) is 2.94. The van der Waals surface area contributed by atoms with Crippen molar-refractivity contribution in [2.24, 2.45) is 0 Å². The number of amides is 1. The first-order chi connectivity index (χ1) is 11.8. The molecule has 1 amide bonds. The van der Waals surface area contributed by atoms with Crippen LogP contribution in [0, 0.1) is 0 Å². The molecule has 3 rings (SSSR count). The third kappa shape index (κ3) is 4.15. The Morgan fingerprint density at radius 2 is 1.62 bits per heavy atom. The van der Waals surface area contributed by atoms with E-state index in [1.807, 2.05) is 36.1 Å². The van der Waals surface area contributed by atoms with Gasteiger partial charge in [0.15, 0.2) is 0 Å². The van der Waals surface area contributed by atoms with E-state index < -0.39 is 0 Å². The number of hydrogen-bond acceptors (Lipinski definition) is 3. The molecule has 0 saturated carbocycles. The van der Waals surface area contributed by atoms with E-state index in [2.05, 4.69) is 29.6 Å². The summed E-state index contributed by atoms with van der Waals surface area (Å²) in [5.74, 6) is 1.14. The number of hydrogen-bond donors (Lipinski definition) is 1. The van der Waals surface area contributed by atoms with Gasteiger partial charge in [0.2, 0.25) is 5.91 Å². The van der Waals surface area contributed by atoms with Crippen LogP contribution in [0.2, 0.25) is 0 Å². The van der Waals surface area contributed by atoms with Gasteiger partial charge in [-0.25, -0.2) is 0 Å². The minimum absolute atomic E-state index is 0.233. The normalized spacial score (nSPS) is 14.2. The van der Waals surface area contributed by atoms with Crippen LogP contribution in [-0.4, -0.2) is 19.1 Å². The molecule has 0 atom stereocenters. The van der Waals surface area contributed by atoms with Crippen molar-refractivity contribution in [2.75, 3.05) is 18.1 Å². The number of anilines is 1. The second kappa shape index (κ2) is 7.97. The minimum Gasteiger partial charge on any atom is -0.494 e. The van der Waals surface area contributed by atoms with Crippen molar-refractivity contribution in [3.05, 3.63) is 59.7 Å². The molecule has 0 unspecified atom stereocenters. The topological polar surface area (TPSA) is 41.6 Å². The molecular formula is C20H24N2O2. The first-order valence-electron chi connectivity index (χ1n) is 8.58. The molecule has 2 aromatic carbocycles. The SMILES string of the molecule is CCOc1ccc(CNCc2ccc(N3CCCC3=O)cc2)cc1. The van der Waals surface area contributed by atoms with Crippen molar-refractivity contribution >= 4 is 11.6 Å². The largest absolute Gasteiger partial charge is 0.494 e. The van der Waals surface area contributed by atoms with Crippen LogP contribution in [0.3, 0.4) is 0 Å². The maximum atomic E-state index is 11.8. The quantitative estimate of drug-likeness (QED) is 0.847. The molecule has 0 aliphatic carbocycles. The van der Waals surface area contributed by atoms with Gasteiger partial charge in [0.25, 0.3) is 0 Å². The fraction of sp³-hybridized carbons (Fsp3) is 0.350. The molecule has 0 spiro atoms. The lowest BCUT2D eigenvalue weighted by atomic mass is 10.1. The van der Waals surface area contributed by atoms with Crippen LogP contribution in [0.1, 0.15) is 30.9 Å². The van der Waals surface area contributed by atoms with Gasteiger partial charge in [0.1, 0.15) is 5.75 Å². The van der Waals surface area contributed by atoms with Crippen LogP contribution in [0.15, 0.2) is 48.5 Å². The summed E-state index contributed by atoms with van der Waals surface area (Å²) in [4.78, 5) is 13.6. The molecule has 1 aliphatic heterocycles. The summed E-state index contributed by atoms with van der Waals surface area (Å²) in [7, 11) is 0. The van der Waals surface area contributed by atoms with Gasteiger partial charge in [-0.15, -0.1) is 0 Å². The lowest BCUT2D eigenvalue weighted by Crippen LogP contribution is -2.23. The number of carbonyl (C=O) groups excluding carboxylic acids is 1. The monoisotopic (exact) mass is 324 g/mol.